The minimum Gasteiger partial charge on any atom is -0.381 e. The molecule has 0 bridgehead atoms. The molecule has 2 rings (SSSR count). The summed E-state index contributed by atoms with van der Waals surface area (Å²) in [4.78, 5) is 14.2. The Morgan fingerprint density at radius 2 is 2.00 bits per heavy atom. The van der Waals surface area contributed by atoms with Crippen LogP contribution in [0, 0.1) is 0 Å². The number of carbonyl (C=O) groups is 1. The van der Waals surface area contributed by atoms with Crippen molar-refractivity contribution >= 4 is 5.91 Å². The van der Waals surface area contributed by atoms with E-state index in [1.807, 2.05) is 4.90 Å². The molecular formula is C12H22N2O2. The van der Waals surface area contributed by atoms with E-state index in [9.17, 15) is 4.79 Å². The van der Waals surface area contributed by atoms with Crippen LogP contribution in [0.3, 0.4) is 0 Å². The molecule has 2 aliphatic heterocycles. The molecule has 0 radical (unpaired) electrons. The maximum absolute atomic E-state index is 12.2. The van der Waals surface area contributed by atoms with Crippen molar-refractivity contribution in [3.8, 4) is 0 Å². The first-order valence-corrected chi connectivity index (χ1v) is 6.36. The van der Waals surface area contributed by atoms with E-state index in [1.165, 1.54) is 12.8 Å². The fourth-order valence-electron chi connectivity index (χ4n) is 2.59. The summed E-state index contributed by atoms with van der Waals surface area (Å²) in [5.41, 5.74) is 0. The number of ether oxygens (including phenoxy) is 1. The molecule has 0 aromatic heterocycles. The molecule has 2 saturated heterocycles. The number of amides is 1. The third-order valence-corrected chi connectivity index (χ3v) is 3.70. The summed E-state index contributed by atoms with van der Waals surface area (Å²) in [5.74, 6) is 0.300. The third-order valence-electron chi connectivity index (χ3n) is 3.70. The SMILES string of the molecule is COC1CCN(C(=O)[C@@H]2CCCCN2)CC1. The maximum atomic E-state index is 12.2. The van der Waals surface area contributed by atoms with Gasteiger partial charge in [-0.05, 0) is 32.2 Å². The highest BCUT2D eigenvalue weighted by atomic mass is 16.5. The smallest absolute Gasteiger partial charge is 0.239 e. The highest BCUT2D eigenvalue weighted by Gasteiger charge is 2.28. The quantitative estimate of drug-likeness (QED) is 0.756. The average molecular weight is 226 g/mol. The summed E-state index contributed by atoms with van der Waals surface area (Å²) in [5, 5.41) is 3.32. The molecule has 92 valence electrons. The summed E-state index contributed by atoms with van der Waals surface area (Å²) in [6.07, 6.45) is 5.70. The van der Waals surface area contributed by atoms with E-state index in [4.69, 9.17) is 4.74 Å². The van der Waals surface area contributed by atoms with E-state index < -0.39 is 0 Å². The van der Waals surface area contributed by atoms with Crippen molar-refractivity contribution in [3.05, 3.63) is 0 Å². The molecular weight excluding hydrogens is 204 g/mol. The monoisotopic (exact) mass is 226 g/mol. The lowest BCUT2D eigenvalue weighted by Crippen LogP contribution is -2.51. The molecule has 0 aromatic carbocycles. The van der Waals surface area contributed by atoms with Gasteiger partial charge in [-0.1, -0.05) is 6.42 Å². The van der Waals surface area contributed by atoms with Crippen LogP contribution >= 0.6 is 0 Å². The van der Waals surface area contributed by atoms with Crippen LogP contribution < -0.4 is 5.32 Å². The minimum absolute atomic E-state index is 0.0767. The van der Waals surface area contributed by atoms with E-state index in [1.54, 1.807) is 7.11 Å². The van der Waals surface area contributed by atoms with Crippen molar-refractivity contribution < 1.29 is 9.53 Å². The zero-order valence-corrected chi connectivity index (χ0v) is 10.1. The first kappa shape index (κ1) is 11.9. The van der Waals surface area contributed by atoms with Crippen LogP contribution in [0.4, 0.5) is 0 Å². The van der Waals surface area contributed by atoms with Gasteiger partial charge in [0.2, 0.25) is 5.91 Å². The summed E-state index contributed by atoms with van der Waals surface area (Å²) in [7, 11) is 1.75. The van der Waals surface area contributed by atoms with Crippen LogP contribution in [0.5, 0.6) is 0 Å². The lowest BCUT2D eigenvalue weighted by atomic mass is 10.0. The Labute approximate surface area is 97.3 Å². The van der Waals surface area contributed by atoms with Gasteiger partial charge in [0.25, 0.3) is 0 Å². The van der Waals surface area contributed by atoms with E-state index in [-0.39, 0.29) is 6.04 Å². The Kier molecular flexibility index (Phi) is 4.18. The van der Waals surface area contributed by atoms with Crippen molar-refractivity contribution in [2.45, 2.75) is 44.2 Å². The molecule has 0 aliphatic carbocycles. The van der Waals surface area contributed by atoms with Crippen molar-refractivity contribution in [3.63, 3.8) is 0 Å². The van der Waals surface area contributed by atoms with Crippen molar-refractivity contribution in [1.29, 1.82) is 0 Å². The zero-order valence-electron chi connectivity index (χ0n) is 10.1. The van der Waals surface area contributed by atoms with Crippen molar-refractivity contribution in [2.75, 3.05) is 26.7 Å². The molecule has 1 atom stereocenters. The molecule has 4 heteroatoms. The molecule has 1 N–H and O–H groups in total. The lowest BCUT2D eigenvalue weighted by Gasteiger charge is -2.35. The summed E-state index contributed by atoms with van der Waals surface area (Å²) < 4.78 is 5.31. The van der Waals surface area contributed by atoms with Gasteiger partial charge in [-0.3, -0.25) is 4.79 Å². The minimum atomic E-state index is 0.0767. The van der Waals surface area contributed by atoms with E-state index in [0.717, 1.165) is 38.9 Å². The Hall–Kier alpha value is -0.610. The highest BCUT2D eigenvalue weighted by Crippen LogP contribution is 2.16. The average Bonchev–Trinajstić information content (AvgIpc) is 2.39. The molecule has 4 nitrogen and oxygen atoms in total. The molecule has 0 saturated carbocycles. The van der Waals surface area contributed by atoms with Crippen LogP contribution in [0.1, 0.15) is 32.1 Å². The predicted octanol–water partition coefficient (Wildman–Crippen LogP) is 0.766. The molecule has 0 unspecified atom stereocenters. The molecule has 1 amide bonds. The van der Waals surface area contributed by atoms with E-state index in [0.29, 0.717) is 12.0 Å². The third kappa shape index (κ3) is 2.74. The lowest BCUT2D eigenvalue weighted by molar-refractivity contribution is -0.136. The second kappa shape index (κ2) is 5.64. The summed E-state index contributed by atoms with van der Waals surface area (Å²) >= 11 is 0. The predicted molar refractivity (Wildman–Crippen MR) is 62.3 cm³/mol. The standard InChI is InChI=1S/C12H22N2O2/c1-16-10-5-8-14(9-6-10)12(15)11-4-2-3-7-13-11/h10-11,13H,2-9H2,1H3/t11-/m0/s1. The van der Waals surface area contributed by atoms with Gasteiger partial charge in [0.15, 0.2) is 0 Å². The Bertz CT molecular complexity index is 231. The number of piperidine rings is 2. The number of rotatable bonds is 2. The van der Waals surface area contributed by atoms with Gasteiger partial charge in [-0.15, -0.1) is 0 Å². The Morgan fingerprint density at radius 1 is 1.25 bits per heavy atom. The Morgan fingerprint density at radius 3 is 2.56 bits per heavy atom. The summed E-state index contributed by atoms with van der Waals surface area (Å²) in [6, 6.07) is 0.0767. The van der Waals surface area contributed by atoms with Gasteiger partial charge in [-0.25, -0.2) is 0 Å². The number of nitrogens with one attached hydrogen (secondary N) is 1. The van der Waals surface area contributed by atoms with Crippen molar-refractivity contribution in [1.82, 2.24) is 10.2 Å². The highest BCUT2D eigenvalue weighted by molar-refractivity contribution is 5.82. The van der Waals surface area contributed by atoms with E-state index in [2.05, 4.69) is 5.32 Å². The van der Waals surface area contributed by atoms with Gasteiger partial charge in [0.05, 0.1) is 12.1 Å². The normalized spacial score (nSPS) is 28.1. The van der Waals surface area contributed by atoms with Crippen LogP contribution in [0.15, 0.2) is 0 Å². The van der Waals surface area contributed by atoms with Gasteiger partial charge < -0.3 is 15.0 Å². The molecule has 2 fully saturated rings. The van der Waals surface area contributed by atoms with Crippen molar-refractivity contribution in [2.24, 2.45) is 0 Å². The summed E-state index contributed by atoms with van der Waals surface area (Å²) in [6.45, 7) is 2.70. The van der Waals surface area contributed by atoms with E-state index >= 15 is 0 Å². The number of nitrogens with zero attached hydrogens (tertiary/aromatic N) is 1. The fraction of sp³-hybridized carbons (Fsp3) is 0.917. The van der Waals surface area contributed by atoms with Crippen LogP contribution in [0.25, 0.3) is 0 Å². The number of hydrogen-bond acceptors (Lipinski definition) is 3. The van der Waals surface area contributed by atoms with Gasteiger partial charge in [0, 0.05) is 20.2 Å². The zero-order chi connectivity index (χ0) is 11.4. The second-order valence-corrected chi connectivity index (χ2v) is 4.76. The van der Waals surface area contributed by atoms with Gasteiger partial charge >= 0.3 is 0 Å². The van der Waals surface area contributed by atoms with Crippen LogP contribution in [-0.4, -0.2) is 49.7 Å². The first-order chi connectivity index (χ1) is 7.81. The molecule has 0 spiro atoms. The molecule has 2 heterocycles. The number of hydrogen-bond donors (Lipinski definition) is 1. The second-order valence-electron chi connectivity index (χ2n) is 4.76. The number of carbonyl (C=O) groups excluding carboxylic acids is 1. The van der Waals surface area contributed by atoms with Gasteiger partial charge in [-0.2, -0.15) is 0 Å². The maximum Gasteiger partial charge on any atom is 0.239 e. The van der Waals surface area contributed by atoms with Crippen LogP contribution in [0.2, 0.25) is 0 Å². The number of methoxy groups -OCH3 is 1. The largest absolute Gasteiger partial charge is 0.381 e. The molecule has 2 aliphatic rings. The number of likely N-dealkylation sites (tertiary alicyclic amines) is 1. The Balaban J connectivity index is 1.81. The molecule has 0 aromatic rings. The van der Waals surface area contributed by atoms with Crippen LogP contribution in [-0.2, 0) is 9.53 Å². The molecule has 16 heavy (non-hydrogen) atoms. The fourth-order valence-corrected chi connectivity index (χ4v) is 2.59. The first-order valence-electron chi connectivity index (χ1n) is 6.36. The topological polar surface area (TPSA) is 41.6 Å². The van der Waals surface area contributed by atoms with Gasteiger partial charge in [0.1, 0.15) is 0 Å².